The Balaban J connectivity index is 1.29. The number of halogens is 1. The molecule has 0 radical (unpaired) electrons. The van der Waals surface area contributed by atoms with Crippen molar-refractivity contribution in [3.63, 3.8) is 0 Å². The zero-order chi connectivity index (χ0) is 31.5. The Morgan fingerprint density at radius 3 is 2.33 bits per heavy atom. The third-order valence-electron chi connectivity index (χ3n) is 7.55. The second kappa shape index (κ2) is 12.7. The molecule has 222 valence electrons. The van der Waals surface area contributed by atoms with Gasteiger partial charge in [-0.15, -0.1) is 11.3 Å². The summed E-state index contributed by atoms with van der Waals surface area (Å²) < 4.78 is 14.3. The van der Waals surface area contributed by atoms with Gasteiger partial charge in [-0.3, -0.25) is 9.59 Å². The number of fused-ring (bicyclic) bond motifs is 1. The molecule has 0 aliphatic carbocycles. The predicted octanol–water partition coefficient (Wildman–Crippen LogP) is 9.62. The monoisotopic (exact) mass is 611 g/mol. The fraction of sp³-hybridized carbons (Fsp3) is 0.0789. The smallest absolute Gasteiger partial charge is 0.267 e. The van der Waals surface area contributed by atoms with Crippen molar-refractivity contribution in [2.24, 2.45) is 0 Å². The highest BCUT2D eigenvalue weighted by Gasteiger charge is 2.22. The fourth-order valence-electron chi connectivity index (χ4n) is 5.13. The number of pyridine rings is 1. The van der Waals surface area contributed by atoms with Gasteiger partial charge in [0.25, 0.3) is 5.91 Å². The normalized spacial score (nSPS) is 11.4. The van der Waals surface area contributed by atoms with Crippen LogP contribution in [0.25, 0.3) is 38.7 Å². The molecule has 6 aromatic rings. The van der Waals surface area contributed by atoms with E-state index in [1.54, 1.807) is 42.5 Å². The van der Waals surface area contributed by atoms with Crippen molar-refractivity contribution in [3.8, 4) is 22.4 Å². The van der Waals surface area contributed by atoms with Crippen molar-refractivity contribution in [2.75, 3.05) is 11.1 Å². The first-order chi connectivity index (χ1) is 21.8. The zero-order valence-electron chi connectivity index (χ0n) is 24.8. The molecule has 0 bridgehead atoms. The molecule has 0 spiro atoms. The third kappa shape index (κ3) is 6.44. The molecule has 0 atom stereocenters. The third-order valence-corrected chi connectivity index (χ3v) is 8.64. The summed E-state index contributed by atoms with van der Waals surface area (Å²) in [4.78, 5) is 32.2. The van der Waals surface area contributed by atoms with Gasteiger partial charge in [0.15, 0.2) is 5.78 Å². The molecule has 5 nitrogen and oxygen atoms in total. The van der Waals surface area contributed by atoms with Crippen molar-refractivity contribution >= 4 is 50.7 Å². The van der Waals surface area contributed by atoms with Crippen LogP contribution < -0.4 is 11.1 Å². The van der Waals surface area contributed by atoms with Crippen LogP contribution in [0, 0.1) is 5.82 Å². The SMILES string of the molecule is CC(C)c1ccc(/C=C/C(=O)c2cccc(NC(=O)c3sc4nc(-c5ccccc5)cc(-c5cccc(F)c5)c4c3N)c2)cc1. The first kappa shape index (κ1) is 29.7. The van der Waals surface area contributed by atoms with Crippen LogP contribution in [0.4, 0.5) is 15.8 Å². The van der Waals surface area contributed by atoms with Crippen LogP contribution in [0.5, 0.6) is 0 Å². The van der Waals surface area contributed by atoms with Crippen LogP contribution >= 0.6 is 11.3 Å². The van der Waals surface area contributed by atoms with E-state index in [0.29, 0.717) is 44.2 Å². The van der Waals surface area contributed by atoms with Gasteiger partial charge < -0.3 is 11.1 Å². The largest absolute Gasteiger partial charge is 0.397 e. The lowest BCUT2D eigenvalue weighted by Crippen LogP contribution is -2.12. The van der Waals surface area contributed by atoms with E-state index < -0.39 is 5.91 Å². The van der Waals surface area contributed by atoms with E-state index in [2.05, 4.69) is 31.3 Å². The van der Waals surface area contributed by atoms with Crippen LogP contribution in [0.15, 0.2) is 115 Å². The summed E-state index contributed by atoms with van der Waals surface area (Å²) >= 11 is 1.17. The summed E-state index contributed by atoms with van der Waals surface area (Å²) in [6.07, 6.45) is 3.31. The van der Waals surface area contributed by atoms with Gasteiger partial charge in [-0.05, 0) is 64.6 Å². The Labute approximate surface area is 264 Å². The number of carbonyl (C=O) groups is 2. The average molecular weight is 612 g/mol. The number of nitrogens with zero attached hydrogens (tertiary/aromatic N) is 1. The van der Waals surface area contributed by atoms with Crippen molar-refractivity contribution in [3.05, 3.63) is 143 Å². The van der Waals surface area contributed by atoms with Gasteiger partial charge in [0.2, 0.25) is 0 Å². The number of hydrogen-bond acceptors (Lipinski definition) is 5. The van der Waals surface area contributed by atoms with E-state index in [9.17, 15) is 14.0 Å². The average Bonchev–Trinajstić information content (AvgIpc) is 3.40. The van der Waals surface area contributed by atoms with Crippen molar-refractivity contribution in [2.45, 2.75) is 19.8 Å². The molecule has 0 aliphatic heterocycles. The fourth-order valence-corrected chi connectivity index (χ4v) is 6.14. The molecule has 7 heteroatoms. The van der Waals surface area contributed by atoms with Gasteiger partial charge in [-0.25, -0.2) is 9.37 Å². The number of aromatic nitrogens is 1. The molecule has 3 N–H and O–H groups in total. The molecule has 2 heterocycles. The van der Waals surface area contributed by atoms with E-state index in [1.807, 2.05) is 48.5 Å². The maximum Gasteiger partial charge on any atom is 0.267 e. The molecule has 0 saturated heterocycles. The predicted molar refractivity (Wildman–Crippen MR) is 183 cm³/mol. The maximum atomic E-state index is 14.3. The molecule has 0 saturated carbocycles. The van der Waals surface area contributed by atoms with Gasteiger partial charge in [-0.1, -0.05) is 98.8 Å². The molecule has 6 rings (SSSR count). The molecule has 1 amide bonds. The van der Waals surface area contributed by atoms with Gasteiger partial charge in [0.05, 0.1) is 11.4 Å². The summed E-state index contributed by atoms with van der Waals surface area (Å²) in [5, 5.41) is 3.48. The highest BCUT2D eigenvalue weighted by molar-refractivity contribution is 7.21. The molecular formula is C38H30FN3O2S. The van der Waals surface area contributed by atoms with Crippen molar-refractivity contribution in [1.82, 2.24) is 4.98 Å². The molecule has 2 aromatic heterocycles. The Bertz CT molecular complexity index is 2070. The molecule has 4 aromatic carbocycles. The standard InChI is InChI=1S/C38H30FN3O2S/c1-23(2)25-17-14-24(15-18-25)16-19-33(43)28-11-7-13-30(21-28)41-37(44)36-35(40)34-31(27-10-6-12-29(39)20-27)22-32(42-38(34)45-36)26-8-4-3-5-9-26/h3-23H,40H2,1-2H3,(H,41,44)/b19-16+. The minimum atomic E-state index is -0.424. The van der Waals surface area contributed by atoms with E-state index >= 15 is 0 Å². The van der Waals surface area contributed by atoms with Crippen LogP contribution in [0.2, 0.25) is 0 Å². The van der Waals surface area contributed by atoms with E-state index in [1.165, 1.54) is 35.1 Å². The molecule has 0 fully saturated rings. The van der Waals surface area contributed by atoms with Crippen LogP contribution in [-0.4, -0.2) is 16.7 Å². The van der Waals surface area contributed by atoms with E-state index in [-0.39, 0.29) is 22.2 Å². The Kier molecular flexibility index (Phi) is 8.36. The maximum absolute atomic E-state index is 14.3. The van der Waals surface area contributed by atoms with E-state index in [4.69, 9.17) is 10.7 Å². The minimum absolute atomic E-state index is 0.183. The number of amides is 1. The Morgan fingerprint density at radius 1 is 0.867 bits per heavy atom. The number of benzene rings is 4. The number of allylic oxidation sites excluding steroid dienone is 1. The zero-order valence-corrected chi connectivity index (χ0v) is 25.6. The quantitative estimate of drug-likeness (QED) is 0.133. The molecule has 45 heavy (non-hydrogen) atoms. The number of ketones is 1. The van der Waals surface area contributed by atoms with Gasteiger partial charge >= 0.3 is 0 Å². The minimum Gasteiger partial charge on any atom is -0.397 e. The summed E-state index contributed by atoms with van der Waals surface area (Å²) in [6, 6.07) is 32.7. The number of nitrogen functional groups attached to an aromatic ring is 1. The Morgan fingerprint density at radius 2 is 1.60 bits per heavy atom. The highest BCUT2D eigenvalue weighted by Crippen LogP contribution is 2.41. The number of nitrogens with one attached hydrogen (secondary N) is 1. The lowest BCUT2D eigenvalue weighted by Gasteiger charge is -2.09. The molecular weight excluding hydrogens is 582 g/mol. The lowest BCUT2D eigenvalue weighted by atomic mass is 9.99. The first-order valence-electron chi connectivity index (χ1n) is 14.5. The number of rotatable bonds is 8. The van der Waals surface area contributed by atoms with Crippen LogP contribution in [0.1, 0.15) is 50.9 Å². The number of nitrogens with two attached hydrogens (primary N) is 1. The topological polar surface area (TPSA) is 85.1 Å². The number of thiophene rings is 1. The summed E-state index contributed by atoms with van der Waals surface area (Å²) in [5.74, 6) is -0.548. The van der Waals surface area contributed by atoms with Gasteiger partial charge in [0, 0.05) is 22.2 Å². The number of anilines is 2. The van der Waals surface area contributed by atoms with Crippen LogP contribution in [0.3, 0.4) is 0 Å². The highest BCUT2D eigenvalue weighted by atomic mass is 32.1. The first-order valence-corrected chi connectivity index (χ1v) is 15.4. The second-order valence-corrected chi connectivity index (χ2v) is 12.0. The summed E-state index contributed by atoms with van der Waals surface area (Å²) in [6.45, 7) is 4.27. The van der Waals surface area contributed by atoms with Crippen molar-refractivity contribution in [1.29, 1.82) is 0 Å². The summed E-state index contributed by atoms with van der Waals surface area (Å²) in [7, 11) is 0. The van der Waals surface area contributed by atoms with E-state index in [0.717, 1.165) is 11.1 Å². The number of carbonyl (C=O) groups excluding carboxylic acids is 2. The van der Waals surface area contributed by atoms with Crippen molar-refractivity contribution < 1.29 is 14.0 Å². The molecule has 0 unspecified atom stereocenters. The lowest BCUT2D eigenvalue weighted by molar-refractivity contribution is 0.102. The number of hydrogen-bond donors (Lipinski definition) is 2. The Hall–Kier alpha value is -5.40. The summed E-state index contributed by atoms with van der Waals surface area (Å²) in [5.41, 5.74) is 12.8. The van der Waals surface area contributed by atoms with Crippen LogP contribution in [-0.2, 0) is 0 Å². The van der Waals surface area contributed by atoms with Gasteiger partial charge in [-0.2, -0.15) is 0 Å². The van der Waals surface area contributed by atoms with Gasteiger partial charge in [0.1, 0.15) is 15.5 Å². The second-order valence-electron chi connectivity index (χ2n) is 11.0. The molecule has 0 aliphatic rings.